The van der Waals surface area contributed by atoms with E-state index in [2.05, 4.69) is 25.4 Å². The molecule has 1 heterocycles. The quantitative estimate of drug-likeness (QED) is 0.716. The molecule has 0 aliphatic heterocycles. The van der Waals surface area contributed by atoms with Gasteiger partial charge in [-0.25, -0.2) is 17.5 Å². The number of benzene rings is 2. The molecule has 0 unspecified atom stereocenters. The van der Waals surface area contributed by atoms with Gasteiger partial charge in [-0.05, 0) is 54.7 Å². The summed E-state index contributed by atoms with van der Waals surface area (Å²) in [6.07, 6.45) is 0. The summed E-state index contributed by atoms with van der Waals surface area (Å²) in [5.41, 5.74) is 1.65. The Hall–Kier alpha value is -2.85. The highest BCUT2D eigenvalue weighted by Gasteiger charge is 2.17. The van der Waals surface area contributed by atoms with Crippen LogP contribution in [0.25, 0.3) is 11.4 Å². The van der Waals surface area contributed by atoms with Crippen molar-refractivity contribution in [3.63, 3.8) is 0 Å². The number of halogens is 1. The number of rotatable bonds is 5. The topological polar surface area (TPSA) is 102 Å². The standard InChI is InChI=1S/C15H15FN6O2S/c1-17-25(23,24)12-7-8-14(18-11-5-3-10(16)4-6-11)13(9-12)15-19-21-22(2)20-15/h3-9,17-18H,1-2H3. The maximum atomic E-state index is 13.1. The van der Waals surface area contributed by atoms with E-state index in [1.54, 1.807) is 25.2 Å². The normalized spacial score (nSPS) is 11.5. The third-order valence-corrected chi connectivity index (χ3v) is 4.85. The van der Waals surface area contributed by atoms with Gasteiger partial charge in [0, 0.05) is 16.9 Å². The molecule has 130 valence electrons. The van der Waals surface area contributed by atoms with Crippen molar-refractivity contribution in [2.45, 2.75) is 4.90 Å². The van der Waals surface area contributed by atoms with Crippen LogP contribution in [0.4, 0.5) is 15.8 Å². The van der Waals surface area contributed by atoms with E-state index in [9.17, 15) is 12.8 Å². The molecule has 2 N–H and O–H groups in total. The van der Waals surface area contributed by atoms with E-state index in [1.807, 2.05) is 0 Å². The highest BCUT2D eigenvalue weighted by Crippen LogP contribution is 2.30. The van der Waals surface area contributed by atoms with Gasteiger partial charge >= 0.3 is 0 Å². The molecule has 0 fully saturated rings. The molecule has 0 spiro atoms. The molecule has 0 saturated carbocycles. The second-order valence-corrected chi connectivity index (χ2v) is 7.04. The van der Waals surface area contributed by atoms with Crippen molar-refractivity contribution in [1.82, 2.24) is 24.9 Å². The summed E-state index contributed by atoms with van der Waals surface area (Å²) >= 11 is 0. The molecule has 0 atom stereocenters. The minimum atomic E-state index is -3.63. The summed E-state index contributed by atoms with van der Waals surface area (Å²) in [6.45, 7) is 0. The van der Waals surface area contributed by atoms with Crippen LogP contribution >= 0.6 is 0 Å². The average Bonchev–Trinajstić information content (AvgIpc) is 3.03. The number of anilines is 2. The lowest BCUT2D eigenvalue weighted by Gasteiger charge is -2.12. The molecule has 1 aromatic heterocycles. The van der Waals surface area contributed by atoms with Gasteiger partial charge in [0.2, 0.25) is 15.8 Å². The number of aryl methyl sites for hydroxylation is 1. The Balaban J connectivity index is 2.09. The second-order valence-electron chi connectivity index (χ2n) is 5.15. The summed E-state index contributed by atoms with van der Waals surface area (Å²) in [7, 11) is -0.685. The molecular weight excluding hydrogens is 347 g/mol. The lowest BCUT2D eigenvalue weighted by Crippen LogP contribution is -2.18. The fourth-order valence-corrected chi connectivity index (χ4v) is 2.94. The number of hydrogen-bond acceptors (Lipinski definition) is 6. The highest BCUT2D eigenvalue weighted by molar-refractivity contribution is 7.89. The molecule has 0 aliphatic rings. The van der Waals surface area contributed by atoms with Crippen molar-refractivity contribution < 1.29 is 12.8 Å². The predicted molar refractivity (Wildman–Crippen MR) is 90.2 cm³/mol. The number of hydrogen-bond donors (Lipinski definition) is 2. The van der Waals surface area contributed by atoms with E-state index in [4.69, 9.17) is 0 Å². The van der Waals surface area contributed by atoms with Gasteiger partial charge in [-0.15, -0.1) is 10.2 Å². The molecule has 0 bridgehead atoms. The van der Waals surface area contributed by atoms with Crippen LogP contribution in [0.5, 0.6) is 0 Å². The first-order valence-corrected chi connectivity index (χ1v) is 8.72. The van der Waals surface area contributed by atoms with Gasteiger partial charge in [0.05, 0.1) is 11.9 Å². The van der Waals surface area contributed by atoms with Crippen molar-refractivity contribution in [1.29, 1.82) is 0 Å². The van der Waals surface area contributed by atoms with Crippen molar-refractivity contribution in [2.24, 2.45) is 7.05 Å². The molecule has 2 aromatic carbocycles. The Bertz CT molecular complexity index is 1000. The lowest BCUT2D eigenvalue weighted by atomic mass is 10.1. The molecule has 3 aromatic rings. The van der Waals surface area contributed by atoms with Crippen LogP contribution in [-0.4, -0.2) is 35.7 Å². The number of nitrogens with one attached hydrogen (secondary N) is 2. The number of tetrazole rings is 1. The Morgan fingerprint density at radius 2 is 1.84 bits per heavy atom. The largest absolute Gasteiger partial charge is 0.355 e. The first-order valence-electron chi connectivity index (χ1n) is 7.23. The van der Waals surface area contributed by atoms with Crippen LogP contribution in [0.3, 0.4) is 0 Å². The van der Waals surface area contributed by atoms with Crippen molar-refractivity contribution >= 4 is 21.4 Å². The summed E-state index contributed by atoms with van der Waals surface area (Å²) in [5.74, 6) is -0.0860. The van der Waals surface area contributed by atoms with E-state index in [0.29, 0.717) is 16.9 Å². The minimum absolute atomic E-state index is 0.0714. The fraction of sp³-hybridized carbons (Fsp3) is 0.133. The first kappa shape index (κ1) is 17.0. The van der Waals surface area contributed by atoms with Gasteiger partial charge in [-0.3, -0.25) is 0 Å². The van der Waals surface area contributed by atoms with E-state index in [-0.39, 0.29) is 16.5 Å². The third kappa shape index (κ3) is 3.64. The fourth-order valence-electron chi connectivity index (χ4n) is 2.18. The third-order valence-electron chi connectivity index (χ3n) is 3.44. The van der Waals surface area contributed by atoms with Gasteiger partial charge in [0.15, 0.2) is 0 Å². The molecule has 0 aliphatic carbocycles. The van der Waals surface area contributed by atoms with Crippen LogP contribution in [0.15, 0.2) is 47.4 Å². The van der Waals surface area contributed by atoms with Gasteiger partial charge in [0.1, 0.15) is 5.82 Å². The molecule has 10 heteroatoms. The monoisotopic (exact) mass is 362 g/mol. The SMILES string of the molecule is CNS(=O)(=O)c1ccc(Nc2ccc(F)cc2)c(-c2nnn(C)n2)c1. The molecule has 8 nitrogen and oxygen atoms in total. The van der Waals surface area contributed by atoms with Crippen LogP contribution in [0, 0.1) is 5.82 Å². The van der Waals surface area contributed by atoms with Gasteiger partial charge in [-0.2, -0.15) is 4.80 Å². The number of sulfonamides is 1. The zero-order chi connectivity index (χ0) is 18.0. The molecule has 0 saturated heterocycles. The average molecular weight is 362 g/mol. The molecular formula is C15H15FN6O2S. The lowest BCUT2D eigenvalue weighted by molar-refractivity contribution is 0.588. The van der Waals surface area contributed by atoms with E-state index < -0.39 is 10.0 Å². The summed E-state index contributed by atoms with van der Waals surface area (Å²) in [5, 5.41) is 14.9. The molecule has 0 amide bonds. The summed E-state index contributed by atoms with van der Waals surface area (Å²) in [6, 6.07) is 10.3. The Labute approximate surface area is 143 Å². The van der Waals surface area contributed by atoms with Gasteiger partial charge in [-0.1, -0.05) is 0 Å². The molecule has 3 rings (SSSR count). The van der Waals surface area contributed by atoms with Crippen molar-refractivity contribution in [3.05, 3.63) is 48.3 Å². The Kier molecular flexibility index (Phi) is 4.47. The predicted octanol–water partition coefficient (Wildman–Crippen LogP) is 1.67. The van der Waals surface area contributed by atoms with Crippen LogP contribution in [0.2, 0.25) is 0 Å². The molecule has 0 radical (unpaired) electrons. The maximum Gasteiger partial charge on any atom is 0.240 e. The van der Waals surface area contributed by atoms with Gasteiger partial charge < -0.3 is 5.32 Å². The Morgan fingerprint density at radius 1 is 1.12 bits per heavy atom. The van der Waals surface area contributed by atoms with Gasteiger partial charge in [0.25, 0.3) is 0 Å². The maximum absolute atomic E-state index is 13.1. The Morgan fingerprint density at radius 3 is 2.44 bits per heavy atom. The van der Waals surface area contributed by atoms with Crippen LogP contribution in [-0.2, 0) is 17.1 Å². The highest BCUT2D eigenvalue weighted by atomic mass is 32.2. The van der Waals surface area contributed by atoms with Crippen molar-refractivity contribution in [2.75, 3.05) is 12.4 Å². The van der Waals surface area contributed by atoms with E-state index >= 15 is 0 Å². The van der Waals surface area contributed by atoms with Crippen molar-refractivity contribution in [3.8, 4) is 11.4 Å². The number of aromatic nitrogens is 4. The van der Waals surface area contributed by atoms with E-state index in [0.717, 1.165) is 0 Å². The first-order chi connectivity index (χ1) is 11.9. The van der Waals surface area contributed by atoms with Crippen LogP contribution < -0.4 is 10.0 Å². The summed E-state index contributed by atoms with van der Waals surface area (Å²) < 4.78 is 39.5. The zero-order valence-electron chi connectivity index (χ0n) is 13.4. The summed E-state index contributed by atoms with van der Waals surface area (Å²) in [4.78, 5) is 1.35. The minimum Gasteiger partial charge on any atom is -0.355 e. The molecule has 25 heavy (non-hydrogen) atoms. The van der Waals surface area contributed by atoms with E-state index in [1.165, 1.54) is 36.1 Å². The second kappa shape index (κ2) is 6.57. The zero-order valence-corrected chi connectivity index (χ0v) is 14.2. The number of nitrogens with zero attached hydrogens (tertiary/aromatic N) is 4. The smallest absolute Gasteiger partial charge is 0.240 e. The van der Waals surface area contributed by atoms with Crippen LogP contribution in [0.1, 0.15) is 0 Å².